The van der Waals surface area contributed by atoms with E-state index in [0.29, 0.717) is 0 Å². The van der Waals surface area contributed by atoms with Gasteiger partial charge in [-0.2, -0.15) is 0 Å². The van der Waals surface area contributed by atoms with Gasteiger partial charge in [0.05, 0.1) is 7.11 Å². The van der Waals surface area contributed by atoms with Gasteiger partial charge in [0.25, 0.3) is 0 Å². The SMILES string of the molecule is C#CC(C)c1cc(OC)cc(-c2ccccc2C)c1. The summed E-state index contributed by atoms with van der Waals surface area (Å²) >= 11 is 0. The summed E-state index contributed by atoms with van der Waals surface area (Å²) in [7, 11) is 1.68. The van der Waals surface area contributed by atoms with Gasteiger partial charge in [0.15, 0.2) is 0 Å². The Kier molecular flexibility index (Phi) is 3.92. The van der Waals surface area contributed by atoms with E-state index in [1.165, 1.54) is 11.1 Å². The summed E-state index contributed by atoms with van der Waals surface area (Å²) in [6, 6.07) is 14.5. The van der Waals surface area contributed by atoms with Gasteiger partial charge in [-0.05, 0) is 54.3 Å². The van der Waals surface area contributed by atoms with Crippen molar-refractivity contribution >= 4 is 0 Å². The minimum absolute atomic E-state index is 0.0814. The molecule has 0 aromatic heterocycles. The van der Waals surface area contributed by atoms with Crippen LogP contribution in [0, 0.1) is 19.3 Å². The molecular formula is C18H18O. The average molecular weight is 250 g/mol. The molecule has 0 heterocycles. The maximum atomic E-state index is 5.52. The lowest BCUT2D eigenvalue weighted by molar-refractivity contribution is 0.414. The van der Waals surface area contributed by atoms with Crippen LogP contribution < -0.4 is 4.74 Å². The first-order valence-corrected chi connectivity index (χ1v) is 6.37. The van der Waals surface area contributed by atoms with Crippen molar-refractivity contribution in [2.75, 3.05) is 7.11 Å². The molecule has 0 aliphatic carbocycles. The number of hydrogen-bond donors (Lipinski definition) is 0. The van der Waals surface area contributed by atoms with Crippen molar-refractivity contribution < 1.29 is 4.74 Å². The molecule has 1 heteroatoms. The number of hydrogen-bond acceptors (Lipinski definition) is 1. The minimum atomic E-state index is 0.0814. The molecule has 0 spiro atoms. The van der Waals surface area contributed by atoms with Crippen molar-refractivity contribution in [3.05, 3.63) is 53.6 Å². The Morgan fingerprint density at radius 1 is 1.16 bits per heavy atom. The van der Waals surface area contributed by atoms with E-state index >= 15 is 0 Å². The highest BCUT2D eigenvalue weighted by molar-refractivity contribution is 5.69. The molecule has 0 N–H and O–H groups in total. The highest BCUT2D eigenvalue weighted by Gasteiger charge is 2.09. The monoisotopic (exact) mass is 250 g/mol. The van der Waals surface area contributed by atoms with Crippen molar-refractivity contribution in [3.8, 4) is 29.2 Å². The van der Waals surface area contributed by atoms with Gasteiger partial charge < -0.3 is 4.74 Å². The second-order valence-corrected chi connectivity index (χ2v) is 4.70. The zero-order chi connectivity index (χ0) is 13.8. The molecule has 0 aliphatic rings. The van der Waals surface area contributed by atoms with E-state index in [2.05, 4.69) is 37.1 Å². The Balaban J connectivity index is 2.58. The van der Waals surface area contributed by atoms with Gasteiger partial charge in [0.2, 0.25) is 0 Å². The number of aryl methyl sites for hydroxylation is 1. The van der Waals surface area contributed by atoms with Gasteiger partial charge in [-0.15, -0.1) is 6.42 Å². The standard InChI is InChI=1S/C18H18O/c1-5-13(2)15-10-16(12-17(11-15)19-4)18-9-7-6-8-14(18)3/h1,6-13H,2-4H3. The fraction of sp³-hybridized carbons (Fsp3) is 0.222. The normalized spacial score (nSPS) is 11.7. The van der Waals surface area contributed by atoms with Crippen molar-refractivity contribution in [3.63, 3.8) is 0 Å². The summed E-state index contributed by atoms with van der Waals surface area (Å²) in [6.07, 6.45) is 5.52. The number of benzene rings is 2. The first-order chi connectivity index (χ1) is 9.15. The molecule has 2 rings (SSSR count). The molecule has 0 bridgehead atoms. The van der Waals surface area contributed by atoms with Gasteiger partial charge in [-0.3, -0.25) is 0 Å². The minimum Gasteiger partial charge on any atom is -0.497 e. The van der Waals surface area contributed by atoms with Gasteiger partial charge in [-0.1, -0.05) is 30.2 Å². The smallest absolute Gasteiger partial charge is 0.119 e. The Bertz CT molecular complexity index is 620. The fourth-order valence-electron chi connectivity index (χ4n) is 2.14. The lowest BCUT2D eigenvalue weighted by Crippen LogP contribution is -1.94. The summed E-state index contributed by atoms with van der Waals surface area (Å²) in [5.74, 6) is 3.70. The molecule has 1 unspecified atom stereocenters. The van der Waals surface area contributed by atoms with E-state index in [9.17, 15) is 0 Å². The first kappa shape index (κ1) is 13.2. The third-order valence-electron chi connectivity index (χ3n) is 3.37. The number of terminal acetylenes is 1. The van der Waals surface area contributed by atoms with Crippen LogP contribution in [0.4, 0.5) is 0 Å². The van der Waals surface area contributed by atoms with Crippen LogP contribution in [0.1, 0.15) is 24.0 Å². The van der Waals surface area contributed by atoms with Gasteiger partial charge >= 0.3 is 0 Å². The Hall–Kier alpha value is -2.20. The van der Waals surface area contributed by atoms with Crippen LogP contribution >= 0.6 is 0 Å². The van der Waals surface area contributed by atoms with Gasteiger partial charge in [0, 0.05) is 5.92 Å². The predicted molar refractivity (Wildman–Crippen MR) is 80.4 cm³/mol. The molecule has 1 atom stereocenters. The van der Waals surface area contributed by atoms with Crippen molar-refractivity contribution in [2.45, 2.75) is 19.8 Å². The van der Waals surface area contributed by atoms with Crippen LogP contribution in [-0.4, -0.2) is 7.11 Å². The van der Waals surface area contributed by atoms with Gasteiger partial charge in [0.1, 0.15) is 5.75 Å². The molecular weight excluding hydrogens is 232 g/mol. The van der Waals surface area contributed by atoms with E-state index < -0.39 is 0 Å². The summed E-state index contributed by atoms with van der Waals surface area (Å²) < 4.78 is 5.38. The van der Waals surface area contributed by atoms with Gasteiger partial charge in [-0.25, -0.2) is 0 Å². The van der Waals surface area contributed by atoms with Crippen LogP contribution in [0.2, 0.25) is 0 Å². The van der Waals surface area contributed by atoms with Crippen LogP contribution in [0.3, 0.4) is 0 Å². The number of ether oxygens (including phenoxy) is 1. The summed E-state index contributed by atoms with van der Waals surface area (Å²) in [5.41, 5.74) is 4.72. The van der Waals surface area contributed by atoms with Crippen LogP contribution in [0.25, 0.3) is 11.1 Å². The molecule has 0 aliphatic heterocycles. The fourth-order valence-corrected chi connectivity index (χ4v) is 2.14. The third kappa shape index (κ3) is 2.80. The van der Waals surface area contributed by atoms with Crippen LogP contribution in [0.15, 0.2) is 42.5 Å². The second kappa shape index (κ2) is 5.63. The predicted octanol–water partition coefficient (Wildman–Crippen LogP) is 4.41. The summed E-state index contributed by atoms with van der Waals surface area (Å²) in [4.78, 5) is 0. The third-order valence-corrected chi connectivity index (χ3v) is 3.37. The molecule has 2 aromatic rings. The Labute approximate surface area is 115 Å². The lowest BCUT2D eigenvalue weighted by atomic mass is 9.94. The highest BCUT2D eigenvalue weighted by Crippen LogP contribution is 2.30. The van der Waals surface area contributed by atoms with Crippen molar-refractivity contribution in [1.82, 2.24) is 0 Å². The first-order valence-electron chi connectivity index (χ1n) is 6.37. The topological polar surface area (TPSA) is 9.23 Å². The highest BCUT2D eigenvalue weighted by atomic mass is 16.5. The molecule has 0 saturated heterocycles. The molecule has 96 valence electrons. The van der Waals surface area contributed by atoms with Crippen molar-refractivity contribution in [2.24, 2.45) is 0 Å². The number of rotatable bonds is 3. The molecule has 2 aromatic carbocycles. The van der Waals surface area contributed by atoms with Crippen LogP contribution in [-0.2, 0) is 0 Å². The molecule has 0 fully saturated rings. The van der Waals surface area contributed by atoms with E-state index in [-0.39, 0.29) is 5.92 Å². The Morgan fingerprint density at radius 2 is 1.89 bits per heavy atom. The molecule has 0 saturated carbocycles. The maximum Gasteiger partial charge on any atom is 0.119 e. The average Bonchev–Trinajstić information content (AvgIpc) is 2.46. The maximum absolute atomic E-state index is 5.52. The molecule has 0 amide bonds. The number of methoxy groups -OCH3 is 1. The summed E-state index contributed by atoms with van der Waals surface area (Å²) in [5, 5.41) is 0. The Morgan fingerprint density at radius 3 is 2.53 bits per heavy atom. The van der Waals surface area contributed by atoms with Crippen molar-refractivity contribution in [1.29, 1.82) is 0 Å². The molecule has 19 heavy (non-hydrogen) atoms. The van der Waals surface area contributed by atoms with E-state index in [0.717, 1.165) is 16.9 Å². The lowest BCUT2D eigenvalue weighted by Gasteiger charge is -2.12. The van der Waals surface area contributed by atoms with Crippen LogP contribution in [0.5, 0.6) is 5.75 Å². The second-order valence-electron chi connectivity index (χ2n) is 4.70. The van der Waals surface area contributed by atoms with E-state index in [1.807, 2.05) is 25.1 Å². The van der Waals surface area contributed by atoms with E-state index in [4.69, 9.17) is 11.2 Å². The molecule has 0 radical (unpaired) electrons. The summed E-state index contributed by atoms with van der Waals surface area (Å²) in [6.45, 7) is 4.13. The zero-order valence-electron chi connectivity index (χ0n) is 11.6. The molecule has 1 nitrogen and oxygen atoms in total. The largest absolute Gasteiger partial charge is 0.497 e. The van der Waals surface area contributed by atoms with E-state index in [1.54, 1.807) is 7.11 Å². The zero-order valence-corrected chi connectivity index (χ0v) is 11.6. The quantitative estimate of drug-likeness (QED) is 0.733.